The van der Waals surface area contributed by atoms with E-state index >= 15 is 0 Å². The molecule has 0 saturated carbocycles. The van der Waals surface area contributed by atoms with Crippen molar-refractivity contribution in [3.63, 3.8) is 0 Å². The maximum Gasteiger partial charge on any atom is 0.119 e. The number of hydrogen-bond acceptors (Lipinski definition) is 6. The molecule has 0 amide bonds. The van der Waals surface area contributed by atoms with Crippen LogP contribution >= 0.6 is 0 Å². The van der Waals surface area contributed by atoms with Gasteiger partial charge >= 0.3 is 0 Å². The summed E-state index contributed by atoms with van der Waals surface area (Å²) in [5.74, 6) is 3.46. The third kappa shape index (κ3) is 11.3. The average molecular weight is 573 g/mol. The van der Waals surface area contributed by atoms with Gasteiger partial charge in [0.15, 0.2) is 0 Å². The summed E-state index contributed by atoms with van der Waals surface area (Å²) >= 11 is 0. The first kappa shape index (κ1) is 33.4. The molecule has 2 saturated heterocycles. The summed E-state index contributed by atoms with van der Waals surface area (Å²) in [6, 6.07) is 20.3. The second-order valence-corrected chi connectivity index (χ2v) is 12.1. The van der Waals surface area contributed by atoms with E-state index in [1.54, 1.807) is 24.3 Å². The van der Waals surface area contributed by atoms with E-state index in [1.807, 2.05) is 24.3 Å². The highest BCUT2D eigenvalue weighted by atomic mass is 16.5. The second kappa shape index (κ2) is 18.5. The topological polar surface area (TPSA) is 72.5 Å². The standard InChI is InChI=1S/2C18H26N2O/c2*1-3-16-6-5-15(2)20(14-16)11-4-12-21-18-9-7-17(13-19)8-10-18/h2*7-10,15-16H,3-6,11-12,14H2,1-2H3/t15-,16+;15-,16-/m00/s1. The molecule has 2 fully saturated rings. The fourth-order valence-corrected chi connectivity index (χ4v) is 5.98. The quantitative estimate of drug-likeness (QED) is 0.243. The molecule has 0 radical (unpaired) electrons. The van der Waals surface area contributed by atoms with Crippen molar-refractivity contribution in [3.05, 3.63) is 59.7 Å². The Morgan fingerprint density at radius 3 is 1.36 bits per heavy atom. The molecule has 2 heterocycles. The van der Waals surface area contributed by atoms with Crippen molar-refractivity contribution >= 4 is 0 Å². The molecule has 0 unspecified atom stereocenters. The van der Waals surface area contributed by atoms with Gasteiger partial charge < -0.3 is 19.3 Å². The van der Waals surface area contributed by atoms with Crippen molar-refractivity contribution in [2.24, 2.45) is 11.8 Å². The van der Waals surface area contributed by atoms with Gasteiger partial charge in [-0.3, -0.25) is 0 Å². The zero-order chi connectivity index (χ0) is 30.2. The first-order valence-electron chi connectivity index (χ1n) is 16.2. The van der Waals surface area contributed by atoms with E-state index in [9.17, 15) is 0 Å². The van der Waals surface area contributed by atoms with Crippen molar-refractivity contribution in [2.75, 3.05) is 39.4 Å². The number of benzene rings is 2. The van der Waals surface area contributed by atoms with Crippen LogP contribution in [0.2, 0.25) is 0 Å². The van der Waals surface area contributed by atoms with Gasteiger partial charge in [0.1, 0.15) is 11.5 Å². The van der Waals surface area contributed by atoms with Gasteiger partial charge in [-0.05, 0) is 113 Å². The number of hydrogen-bond donors (Lipinski definition) is 0. The zero-order valence-corrected chi connectivity index (χ0v) is 26.4. The van der Waals surface area contributed by atoms with Gasteiger partial charge in [0.25, 0.3) is 0 Å². The SMILES string of the molecule is CC[C@@H]1CC[C@H](C)N(CCCOc2ccc(C#N)cc2)C1.CC[C@H]1CC[C@H](C)N(CCCOc2ccc(C#N)cc2)C1. The molecule has 2 aliphatic rings. The zero-order valence-electron chi connectivity index (χ0n) is 26.4. The van der Waals surface area contributed by atoms with Gasteiger partial charge in [-0.2, -0.15) is 10.5 Å². The fourth-order valence-electron chi connectivity index (χ4n) is 5.98. The van der Waals surface area contributed by atoms with E-state index in [2.05, 4.69) is 49.6 Å². The largest absolute Gasteiger partial charge is 0.494 e. The van der Waals surface area contributed by atoms with Crippen LogP contribution in [0, 0.1) is 34.5 Å². The van der Waals surface area contributed by atoms with Crippen molar-refractivity contribution in [2.45, 2.75) is 91.1 Å². The Hall–Kier alpha value is -3.06. The van der Waals surface area contributed by atoms with Gasteiger partial charge in [0.05, 0.1) is 36.5 Å². The first-order chi connectivity index (χ1) is 20.4. The van der Waals surface area contributed by atoms with Crippen molar-refractivity contribution in [3.8, 4) is 23.6 Å². The lowest BCUT2D eigenvalue weighted by atomic mass is 9.91. The van der Waals surface area contributed by atoms with E-state index < -0.39 is 0 Å². The summed E-state index contributed by atoms with van der Waals surface area (Å²) < 4.78 is 11.5. The highest BCUT2D eigenvalue weighted by Gasteiger charge is 2.24. The molecule has 2 aliphatic heterocycles. The molecule has 0 aromatic heterocycles. The summed E-state index contributed by atoms with van der Waals surface area (Å²) in [5.41, 5.74) is 1.35. The molecule has 0 bridgehead atoms. The lowest BCUT2D eigenvalue weighted by Crippen LogP contribution is -2.42. The summed E-state index contributed by atoms with van der Waals surface area (Å²) in [7, 11) is 0. The molecule has 0 aliphatic carbocycles. The Morgan fingerprint density at radius 1 is 0.643 bits per heavy atom. The first-order valence-corrected chi connectivity index (χ1v) is 16.2. The number of rotatable bonds is 12. The Kier molecular flexibility index (Phi) is 14.7. The maximum absolute atomic E-state index is 8.76. The number of likely N-dealkylation sites (tertiary alicyclic amines) is 2. The van der Waals surface area contributed by atoms with E-state index in [0.29, 0.717) is 23.2 Å². The Bertz CT molecular complexity index is 1020. The summed E-state index contributed by atoms with van der Waals surface area (Å²) in [6.07, 6.45) is 10.1. The van der Waals surface area contributed by atoms with E-state index in [1.165, 1.54) is 51.6 Å². The van der Waals surface area contributed by atoms with Crippen LogP contribution in [0.15, 0.2) is 48.5 Å². The fraction of sp³-hybridized carbons (Fsp3) is 0.611. The highest BCUT2D eigenvalue weighted by Crippen LogP contribution is 2.25. The third-order valence-corrected chi connectivity index (χ3v) is 9.06. The molecular weight excluding hydrogens is 520 g/mol. The van der Waals surface area contributed by atoms with Crippen LogP contribution in [-0.4, -0.2) is 61.3 Å². The third-order valence-electron chi connectivity index (χ3n) is 9.06. The minimum atomic E-state index is 0.676. The van der Waals surface area contributed by atoms with Crippen LogP contribution in [-0.2, 0) is 0 Å². The maximum atomic E-state index is 8.76. The lowest BCUT2D eigenvalue weighted by Gasteiger charge is -2.37. The van der Waals surface area contributed by atoms with Gasteiger partial charge in [-0.1, -0.05) is 26.7 Å². The van der Waals surface area contributed by atoms with Gasteiger partial charge in [0.2, 0.25) is 0 Å². The van der Waals surface area contributed by atoms with Crippen LogP contribution in [0.4, 0.5) is 0 Å². The summed E-state index contributed by atoms with van der Waals surface area (Å²) in [6.45, 7) is 15.5. The molecule has 42 heavy (non-hydrogen) atoms. The smallest absolute Gasteiger partial charge is 0.119 e. The van der Waals surface area contributed by atoms with Gasteiger partial charge in [-0.25, -0.2) is 0 Å². The Labute approximate surface area is 255 Å². The molecule has 6 heteroatoms. The predicted molar refractivity (Wildman–Crippen MR) is 171 cm³/mol. The van der Waals surface area contributed by atoms with Crippen molar-refractivity contribution in [1.82, 2.24) is 9.80 Å². The minimum Gasteiger partial charge on any atom is -0.494 e. The summed E-state index contributed by atoms with van der Waals surface area (Å²) in [4.78, 5) is 5.22. The molecule has 2 aromatic rings. The predicted octanol–water partition coefficient (Wildman–Crippen LogP) is 7.68. The highest BCUT2D eigenvalue weighted by molar-refractivity contribution is 5.35. The van der Waals surface area contributed by atoms with Crippen LogP contribution in [0.1, 0.15) is 90.2 Å². The normalized spacial score (nSPS) is 22.7. The second-order valence-electron chi connectivity index (χ2n) is 12.1. The molecular formula is C36H52N4O2. The molecule has 4 atom stereocenters. The van der Waals surface area contributed by atoms with Gasteiger partial charge in [0, 0.05) is 38.3 Å². The van der Waals surface area contributed by atoms with Crippen molar-refractivity contribution < 1.29 is 9.47 Å². The van der Waals surface area contributed by atoms with E-state index in [4.69, 9.17) is 20.0 Å². The molecule has 0 N–H and O–H groups in total. The number of piperidine rings is 2. The van der Waals surface area contributed by atoms with Gasteiger partial charge in [-0.15, -0.1) is 0 Å². The van der Waals surface area contributed by atoms with Crippen LogP contribution < -0.4 is 9.47 Å². The molecule has 2 aromatic carbocycles. The van der Waals surface area contributed by atoms with Crippen LogP contribution in [0.5, 0.6) is 11.5 Å². The average Bonchev–Trinajstić information content (AvgIpc) is 3.03. The molecule has 6 nitrogen and oxygen atoms in total. The molecule has 4 rings (SSSR count). The lowest BCUT2D eigenvalue weighted by molar-refractivity contribution is 0.108. The molecule has 0 spiro atoms. The van der Waals surface area contributed by atoms with Crippen LogP contribution in [0.25, 0.3) is 0 Å². The number of nitrogens with zero attached hydrogens (tertiary/aromatic N) is 4. The minimum absolute atomic E-state index is 0.676. The molecule has 228 valence electrons. The van der Waals surface area contributed by atoms with Crippen LogP contribution in [0.3, 0.4) is 0 Å². The van der Waals surface area contributed by atoms with E-state index in [0.717, 1.165) is 62.5 Å². The monoisotopic (exact) mass is 572 g/mol. The number of nitriles is 2. The number of ether oxygens (including phenoxy) is 2. The Morgan fingerprint density at radius 2 is 1.02 bits per heavy atom. The Balaban J connectivity index is 0.000000230. The van der Waals surface area contributed by atoms with E-state index in [-0.39, 0.29) is 0 Å². The van der Waals surface area contributed by atoms with Crippen molar-refractivity contribution in [1.29, 1.82) is 10.5 Å². The summed E-state index contributed by atoms with van der Waals surface area (Å²) in [5, 5.41) is 17.5.